The third kappa shape index (κ3) is 6.75. The zero-order valence-electron chi connectivity index (χ0n) is 18.2. The fourth-order valence-electron chi connectivity index (χ4n) is 3.06. The fraction of sp³-hybridized carbons (Fsp3) is 0.429. The van der Waals surface area contributed by atoms with E-state index >= 15 is 0 Å². The molecule has 1 heterocycles. The highest BCUT2D eigenvalue weighted by atomic mass is 16.4. The van der Waals surface area contributed by atoms with Crippen LogP contribution in [0.1, 0.15) is 19.4 Å². The van der Waals surface area contributed by atoms with Crippen LogP contribution in [0.15, 0.2) is 30.5 Å². The number of hydrogen-bond donors (Lipinski definition) is 8. The molecule has 0 aliphatic carbocycles. The molecule has 5 unspecified atom stereocenters. The van der Waals surface area contributed by atoms with Crippen LogP contribution in [0.25, 0.3) is 10.9 Å². The molecule has 3 amide bonds. The molecule has 0 bridgehead atoms. The van der Waals surface area contributed by atoms with Crippen molar-refractivity contribution in [2.75, 3.05) is 6.61 Å². The number of aromatic amines is 1. The number of rotatable bonds is 11. The molecule has 12 nitrogen and oxygen atoms in total. The van der Waals surface area contributed by atoms with E-state index < -0.39 is 60.6 Å². The number of nitrogens with one attached hydrogen (secondary N) is 4. The van der Waals surface area contributed by atoms with Gasteiger partial charge in [-0.1, -0.05) is 18.2 Å². The van der Waals surface area contributed by atoms with Gasteiger partial charge in [0.05, 0.1) is 12.7 Å². The molecule has 9 N–H and O–H groups in total. The second-order valence-electron chi connectivity index (χ2n) is 7.70. The standard InChI is InChI=1S/C21H29N5O7/c1-10(21(32)33)24-18(29)15(7-12-8-23-14-6-4-3-5-13(12)14)25-19(30)16(9-27)26-20(31)17(22)11(2)28/h3-6,8,10-11,15-17,23,27-28H,7,9,22H2,1-2H3,(H,24,29)(H,25,30)(H,26,31)(H,32,33). The van der Waals surface area contributed by atoms with Crippen LogP contribution in [-0.4, -0.2) is 80.9 Å². The van der Waals surface area contributed by atoms with E-state index in [2.05, 4.69) is 20.9 Å². The molecular weight excluding hydrogens is 434 g/mol. The first kappa shape index (κ1) is 25.8. The summed E-state index contributed by atoms with van der Waals surface area (Å²) in [7, 11) is 0. The number of aromatic nitrogens is 1. The van der Waals surface area contributed by atoms with Crippen molar-refractivity contribution in [3.05, 3.63) is 36.0 Å². The van der Waals surface area contributed by atoms with Gasteiger partial charge < -0.3 is 42.0 Å². The van der Waals surface area contributed by atoms with Crippen molar-refractivity contribution in [2.24, 2.45) is 5.73 Å². The van der Waals surface area contributed by atoms with Crippen molar-refractivity contribution in [2.45, 2.75) is 50.5 Å². The number of aliphatic hydroxyl groups excluding tert-OH is 2. The second kappa shape index (κ2) is 11.4. The van der Waals surface area contributed by atoms with E-state index in [1.807, 2.05) is 24.3 Å². The highest BCUT2D eigenvalue weighted by Crippen LogP contribution is 2.19. The van der Waals surface area contributed by atoms with Crippen molar-refractivity contribution >= 4 is 34.6 Å². The largest absolute Gasteiger partial charge is 0.480 e. The summed E-state index contributed by atoms with van der Waals surface area (Å²) in [5.41, 5.74) is 7.04. The summed E-state index contributed by atoms with van der Waals surface area (Å²) in [6, 6.07) is 2.10. The minimum absolute atomic E-state index is 0.00715. The highest BCUT2D eigenvalue weighted by Gasteiger charge is 2.30. The van der Waals surface area contributed by atoms with Crippen LogP contribution >= 0.6 is 0 Å². The normalized spacial score (nSPS) is 15.7. The lowest BCUT2D eigenvalue weighted by Gasteiger charge is -2.24. The number of carboxylic acids is 1. The molecule has 5 atom stereocenters. The number of para-hydroxylation sites is 1. The third-order valence-corrected chi connectivity index (χ3v) is 5.10. The van der Waals surface area contributed by atoms with Gasteiger partial charge >= 0.3 is 5.97 Å². The second-order valence-corrected chi connectivity index (χ2v) is 7.70. The Labute approximate surface area is 189 Å². The van der Waals surface area contributed by atoms with Gasteiger partial charge in [-0.3, -0.25) is 19.2 Å². The zero-order valence-corrected chi connectivity index (χ0v) is 18.2. The van der Waals surface area contributed by atoms with E-state index in [4.69, 9.17) is 10.8 Å². The highest BCUT2D eigenvalue weighted by molar-refractivity contribution is 5.95. The van der Waals surface area contributed by atoms with E-state index in [0.717, 1.165) is 10.9 Å². The number of carbonyl (C=O) groups is 4. The molecule has 0 radical (unpaired) electrons. The third-order valence-electron chi connectivity index (χ3n) is 5.10. The van der Waals surface area contributed by atoms with Crippen LogP contribution in [-0.2, 0) is 25.6 Å². The predicted molar refractivity (Wildman–Crippen MR) is 118 cm³/mol. The van der Waals surface area contributed by atoms with Gasteiger partial charge in [-0.25, -0.2) is 0 Å². The first-order chi connectivity index (χ1) is 15.5. The van der Waals surface area contributed by atoms with Crippen molar-refractivity contribution in [1.82, 2.24) is 20.9 Å². The molecule has 0 aliphatic rings. The molecular formula is C21H29N5O7. The van der Waals surface area contributed by atoms with Crippen LogP contribution in [0.4, 0.5) is 0 Å². The van der Waals surface area contributed by atoms with Gasteiger partial charge in [-0.15, -0.1) is 0 Å². The van der Waals surface area contributed by atoms with Crippen molar-refractivity contribution in [1.29, 1.82) is 0 Å². The van der Waals surface area contributed by atoms with E-state index in [0.29, 0.717) is 5.56 Å². The summed E-state index contributed by atoms with van der Waals surface area (Å²) in [4.78, 5) is 51.8. The summed E-state index contributed by atoms with van der Waals surface area (Å²) >= 11 is 0. The summed E-state index contributed by atoms with van der Waals surface area (Å²) in [6.45, 7) is 1.78. The Morgan fingerprint density at radius 2 is 1.61 bits per heavy atom. The topological polar surface area (TPSA) is 207 Å². The van der Waals surface area contributed by atoms with Gasteiger partial charge in [0, 0.05) is 23.5 Å². The maximum absolute atomic E-state index is 12.8. The summed E-state index contributed by atoms with van der Waals surface area (Å²) in [5.74, 6) is -3.76. The lowest BCUT2D eigenvalue weighted by Crippen LogP contribution is -2.59. The maximum Gasteiger partial charge on any atom is 0.325 e. The van der Waals surface area contributed by atoms with Gasteiger partial charge in [0.1, 0.15) is 24.2 Å². The van der Waals surface area contributed by atoms with Crippen LogP contribution in [0, 0.1) is 0 Å². The Morgan fingerprint density at radius 3 is 2.21 bits per heavy atom. The minimum atomic E-state index is -1.45. The zero-order chi connectivity index (χ0) is 24.7. The Hall–Kier alpha value is -3.48. The first-order valence-corrected chi connectivity index (χ1v) is 10.3. The quantitative estimate of drug-likeness (QED) is 0.186. The van der Waals surface area contributed by atoms with Crippen LogP contribution in [0.2, 0.25) is 0 Å². The lowest BCUT2D eigenvalue weighted by atomic mass is 10.0. The number of fused-ring (bicyclic) bond motifs is 1. The molecule has 12 heteroatoms. The smallest absolute Gasteiger partial charge is 0.325 e. The molecule has 0 fully saturated rings. The summed E-state index contributed by atoms with van der Waals surface area (Å²) in [5, 5.41) is 35.9. The SMILES string of the molecule is CC(NC(=O)C(Cc1c[nH]c2ccccc12)NC(=O)C(CO)NC(=O)C(N)C(C)O)C(=O)O. The molecule has 0 spiro atoms. The lowest BCUT2D eigenvalue weighted by molar-refractivity contribution is -0.141. The number of nitrogens with two attached hydrogens (primary N) is 1. The molecule has 2 aromatic rings. The molecule has 33 heavy (non-hydrogen) atoms. The van der Waals surface area contributed by atoms with Gasteiger partial charge in [0.2, 0.25) is 17.7 Å². The van der Waals surface area contributed by atoms with Crippen LogP contribution < -0.4 is 21.7 Å². The van der Waals surface area contributed by atoms with Crippen LogP contribution in [0.5, 0.6) is 0 Å². The molecule has 2 rings (SSSR count). The van der Waals surface area contributed by atoms with Crippen LogP contribution in [0.3, 0.4) is 0 Å². The average molecular weight is 463 g/mol. The molecule has 180 valence electrons. The van der Waals surface area contributed by atoms with E-state index in [-0.39, 0.29) is 6.42 Å². The van der Waals surface area contributed by atoms with Crippen molar-refractivity contribution in [3.8, 4) is 0 Å². The first-order valence-electron chi connectivity index (χ1n) is 10.3. The molecule has 0 aliphatic heterocycles. The van der Waals surface area contributed by atoms with Crippen molar-refractivity contribution < 1.29 is 34.5 Å². The molecule has 0 saturated carbocycles. The number of aliphatic carboxylic acids is 1. The Morgan fingerprint density at radius 1 is 1.00 bits per heavy atom. The number of H-pyrrole nitrogens is 1. The summed E-state index contributed by atoms with van der Waals surface area (Å²) < 4.78 is 0. The Balaban J connectivity index is 2.22. The fourth-order valence-corrected chi connectivity index (χ4v) is 3.06. The average Bonchev–Trinajstić information content (AvgIpc) is 3.18. The van der Waals surface area contributed by atoms with Gasteiger partial charge in [-0.05, 0) is 25.5 Å². The number of aliphatic hydroxyl groups is 2. The number of hydrogen-bond acceptors (Lipinski definition) is 7. The minimum Gasteiger partial charge on any atom is -0.480 e. The molecule has 0 saturated heterocycles. The Bertz CT molecular complexity index is 1010. The monoisotopic (exact) mass is 463 g/mol. The molecule has 1 aromatic heterocycles. The number of carboxylic acid groups (broad SMARTS) is 1. The number of amides is 3. The van der Waals surface area contributed by atoms with Gasteiger partial charge in [-0.2, -0.15) is 0 Å². The molecule has 1 aromatic carbocycles. The Kier molecular flexibility index (Phi) is 8.91. The number of carbonyl (C=O) groups excluding carboxylic acids is 3. The van der Waals surface area contributed by atoms with Gasteiger partial charge in [0.25, 0.3) is 0 Å². The predicted octanol–water partition coefficient (Wildman–Crippen LogP) is -2.03. The maximum atomic E-state index is 12.8. The van der Waals surface area contributed by atoms with E-state index in [1.54, 1.807) is 6.20 Å². The van der Waals surface area contributed by atoms with Crippen molar-refractivity contribution in [3.63, 3.8) is 0 Å². The van der Waals surface area contributed by atoms with E-state index in [9.17, 15) is 29.4 Å². The number of benzene rings is 1. The summed E-state index contributed by atoms with van der Waals surface area (Å²) in [6.07, 6.45) is 0.489. The van der Waals surface area contributed by atoms with Gasteiger partial charge in [0.15, 0.2) is 0 Å². The van der Waals surface area contributed by atoms with E-state index in [1.165, 1.54) is 13.8 Å².